The highest BCUT2D eigenvalue weighted by Crippen LogP contribution is 2.33. The molecule has 1 fully saturated rings. The number of nitrogens with zero attached hydrogens (tertiary/aromatic N) is 4. The van der Waals surface area contributed by atoms with Crippen molar-refractivity contribution in [3.63, 3.8) is 0 Å². The van der Waals surface area contributed by atoms with E-state index in [4.69, 9.17) is 16.6 Å². The van der Waals surface area contributed by atoms with Crippen molar-refractivity contribution in [1.29, 1.82) is 0 Å². The highest BCUT2D eigenvalue weighted by molar-refractivity contribution is 8.26. The van der Waals surface area contributed by atoms with E-state index in [2.05, 4.69) is 5.10 Å². The Kier molecular flexibility index (Phi) is 5.09. The van der Waals surface area contributed by atoms with Crippen LogP contribution in [-0.4, -0.2) is 31.3 Å². The zero-order valence-corrected chi connectivity index (χ0v) is 14.8. The lowest BCUT2D eigenvalue weighted by Gasteiger charge is -2.06. The predicted molar refractivity (Wildman–Crippen MR) is 101 cm³/mol. The molecule has 0 saturated carbocycles. The minimum absolute atomic E-state index is 0.113. The van der Waals surface area contributed by atoms with Gasteiger partial charge in [0.15, 0.2) is 4.32 Å². The number of hydrogen-bond donors (Lipinski definition) is 0. The molecule has 2 heterocycles. The molecule has 12 heteroatoms. The van der Waals surface area contributed by atoms with Gasteiger partial charge in [-0.05, 0) is 24.4 Å². The molecular weight excluding hydrogens is 396 g/mol. The van der Waals surface area contributed by atoms with Gasteiger partial charge in [-0.1, -0.05) is 23.9 Å². The molecule has 0 bridgehead atoms. The summed E-state index contributed by atoms with van der Waals surface area (Å²) in [5.41, 5.74) is 0.0484. The number of rotatable bonds is 5. The van der Waals surface area contributed by atoms with Gasteiger partial charge in [0, 0.05) is 12.1 Å². The average molecular weight is 404 g/mol. The van der Waals surface area contributed by atoms with Crippen LogP contribution in [0.15, 0.2) is 50.8 Å². The van der Waals surface area contributed by atoms with Crippen molar-refractivity contribution in [2.75, 3.05) is 0 Å². The molecule has 1 saturated heterocycles. The zero-order valence-electron chi connectivity index (χ0n) is 13.2. The van der Waals surface area contributed by atoms with Crippen LogP contribution in [0.2, 0.25) is 0 Å². The maximum atomic E-state index is 12.4. The standard InChI is InChI=1S/C15H8N4O6S2/c20-14-12(7-10-5-6-13(25-10)19(23)24)27-15(26)17(14)16-8-9-3-1-2-4-11(9)18(21)22/h1-8H/b12-7+,16-8+. The van der Waals surface area contributed by atoms with E-state index in [9.17, 15) is 25.0 Å². The summed E-state index contributed by atoms with van der Waals surface area (Å²) in [5.74, 6) is -0.907. The predicted octanol–water partition coefficient (Wildman–Crippen LogP) is 3.33. The average Bonchev–Trinajstić information content (AvgIpc) is 3.19. The van der Waals surface area contributed by atoms with Gasteiger partial charge in [0.05, 0.1) is 27.7 Å². The Morgan fingerprint density at radius 3 is 2.56 bits per heavy atom. The Hall–Kier alpha value is -3.38. The van der Waals surface area contributed by atoms with Gasteiger partial charge in [-0.2, -0.15) is 10.1 Å². The van der Waals surface area contributed by atoms with Crippen LogP contribution in [0.3, 0.4) is 0 Å². The Morgan fingerprint density at radius 2 is 1.89 bits per heavy atom. The molecule has 27 heavy (non-hydrogen) atoms. The van der Waals surface area contributed by atoms with E-state index in [-0.39, 0.29) is 26.2 Å². The van der Waals surface area contributed by atoms with E-state index in [1.54, 1.807) is 6.07 Å². The fraction of sp³-hybridized carbons (Fsp3) is 0. The van der Waals surface area contributed by atoms with Crippen molar-refractivity contribution >= 4 is 58.1 Å². The number of carbonyl (C=O) groups is 1. The molecule has 10 nitrogen and oxygen atoms in total. The number of thiocarbonyl (C=S) groups is 1. The number of hydrogen-bond acceptors (Lipinski definition) is 9. The summed E-state index contributed by atoms with van der Waals surface area (Å²) in [6.07, 6.45) is 2.48. The van der Waals surface area contributed by atoms with Gasteiger partial charge in [-0.15, -0.1) is 0 Å². The van der Waals surface area contributed by atoms with E-state index in [1.165, 1.54) is 42.6 Å². The van der Waals surface area contributed by atoms with Gasteiger partial charge in [0.25, 0.3) is 11.6 Å². The molecule has 1 amide bonds. The van der Waals surface area contributed by atoms with Crippen molar-refractivity contribution in [2.45, 2.75) is 0 Å². The Labute approximate surface area is 160 Å². The lowest BCUT2D eigenvalue weighted by atomic mass is 10.2. The third kappa shape index (κ3) is 3.91. The SMILES string of the molecule is O=C1/C(=C\c2ccc([N+](=O)[O-])o2)SC(=S)N1/N=C/c1ccccc1[N+](=O)[O-]. The van der Waals surface area contributed by atoms with Crippen LogP contribution in [0, 0.1) is 20.2 Å². The Morgan fingerprint density at radius 1 is 1.15 bits per heavy atom. The summed E-state index contributed by atoms with van der Waals surface area (Å²) < 4.78 is 5.09. The molecule has 0 spiro atoms. The smallest absolute Gasteiger partial charge is 0.401 e. The van der Waals surface area contributed by atoms with Crippen LogP contribution in [0.25, 0.3) is 6.08 Å². The number of hydrazone groups is 1. The summed E-state index contributed by atoms with van der Waals surface area (Å²) >= 11 is 6.03. The second kappa shape index (κ2) is 7.47. The maximum Gasteiger partial charge on any atom is 0.433 e. The first-order valence-corrected chi connectivity index (χ1v) is 8.39. The van der Waals surface area contributed by atoms with Crippen molar-refractivity contribution in [1.82, 2.24) is 5.01 Å². The van der Waals surface area contributed by atoms with Gasteiger partial charge in [0.2, 0.25) is 0 Å². The molecular formula is C15H8N4O6S2. The molecule has 0 radical (unpaired) electrons. The fourth-order valence-electron chi connectivity index (χ4n) is 2.09. The minimum Gasteiger partial charge on any atom is -0.401 e. The summed E-state index contributed by atoms with van der Waals surface area (Å²) in [7, 11) is 0. The van der Waals surface area contributed by atoms with E-state index >= 15 is 0 Å². The normalized spacial score (nSPS) is 15.9. The van der Waals surface area contributed by atoms with Crippen LogP contribution in [0.5, 0.6) is 0 Å². The van der Waals surface area contributed by atoms with Crippen LogP contribution < -0.4 is 0 Å². The summed E-state index contributed by atoms with van der Waals surface area (Å²) in [6, 6.07) is 8.43. The molecule has 1 aromatic heterocycles. The van der Waals surface area contributed by atoms with Crippen LogP contribution >= 0.6 is 24.0 Å². The molecule has 0 N–H and O–H groups in total. The highest BCUT2D eigenvalue weighted by Gasteiger charge is 2.32. The molecule has 1 aromatic carbocycles. The summed E-state index contributed by atoms with van der Waals surface area (Å²) in [5, 5.41) is 26.5. The van der Waals surface area contributed by atoms with Gasteiger partial charge in [0.1, 0.15) is 10.7 Å². The van der Waals surface area contributed by atoms with Crippen molar-refractivity contribution in [2.24, 2.45) is 5.10 Å². The number of benzene rings is 1. The Balaban J connectivity index is 1.83. The number of nitro benzene ring substituents is 1. The first-order valence-electron chi connectivity index (χ1n) is 7.16. The maximum absolute atomic E-state index is 12.4. The summed E-state index contributed by atoms with van der Waals surface area (Å²) in [4.78, 5) is 33.0. The molecule has 136 valence electrons. The molecule has 1 aliphatic rings. The lowest BCUT2D eigenvalue weighted by molar-refractivity contribution is -0.402. The monoisotopic (exact) mass is 404 g/mol. The molecule has 2 aromatic rings. The number of carbonyl (C=O) groups excluding carboxylic acids is 1. The van der Waals surface area contributed by atoms with E-state index in [0.29, 0.717) is 0 Å². The van der Waals surface area contributed by atoms with Gasteiger partial charge in [-0.25, -0.2) is 0 Å². The second-order valence-corrected chi connectivity index (χ2v) is 6.66. The van der Waals surface area contributed by atoms with Crippen LogP contribution in [0.1, 0.15) is 11.3 Å². The van der Waals surface area contributed by atoms with Crippen molar-refractivity contribution < 1.29 is 19.1 Å². The molecule has 0 atom stereocenters. The zero-order chi connectivity index (χ0) is 19.6. The van der Waals surface area contributed by atoms with Gasteiger partial charge < -0.3 is 4.42 Å². The largest absolute Gasteiger partial charge is 0.433 e. The number of thioether (sulfide) groups is 1. The third-order valence-electron chi connectivity index (χ3n) is 3.28. The van der Waals surface area contributed by atoms with Crippen molar-refractivity contribution in [3.8, 4) is 0 Å². The lowest BCUT2D eigenvalue weighted by Crippen LogP contribution is -2.22. The van der Waals surface area contributed by atoms with Crippen LogP contribution in [0.4, 0.5) is 11.6 Å². The first kappa shape index (κ1) is 18.4. The van der Waals surface area contributed by atoms with E-state index in [1.807, 2.05) is 0 Å². The Bertz CT molecular complexity index is 1030. The number of furan rings is 1. The fourth-order valence-corrected chi connectivity index (χ4v) is 3.24. The highest BCUT2D eigenvalue weighted by atomic mass is 32.2. The minimum atomic E-state index is -0.695. The summed E-state index contributed by atoms with van der Waals surface area (Å²) in [6.45, 7) is 0. The van der Waals surface area contributed by atoms with Crippen LogP contribution in [-0.2, 0) is 4.79 Å². The topological polar surface area (TPSA) is 132 Å². The van der Waals surface area contributed by atoms with E-state index in [0.717, 1.165) is 16.8 Å². The quantitative estimate of drug-likeness (QED) is 0.244. The van der Waals surface area contributed by atoms with E-state index < -0.39 is 21.6 Å². The van der Waals surface area contributed by atoms with Gasteiger partial charge >= 0.3 is 5.88 Å². The number of nitro groups is 2. The first-order chi connectivity index (χ1) is 12.9. The third-order valence-corrected chi connectivity index (χ3v) is 4.57. The van der Waals surface area contributed by atoms with Crippen molar-refractivity contribution in [3.05, 3.63) is 72.9 Å². The number of amides is 1. The molecule has 0 unspecified atom stereocenters. The molecule has 3 rings (SSSR count). The number of para-hydroxylation sites is 1. The second-order valence-electron chi connectivity index (χ2n) is 4.99. The molecule has 0 aliphatic carbocycles. The van der Waals surface area contributed by atoms with Gasteiger partial charge in [-0.3, -0.25) is 25.0 Å². The molecule has 1 aliphatic heterocycles.